The molecule has 0 bridgehead atoms. The maximum Gasteiger partial charge on any atom is 0.255 e. The summed E-state index contributed by atoms with van der Waals surface area (Å²) >= 11 is 0. The molecule has 2 N–H and O–H groups in total. The molecule has 0 spiro atoms. The van der Waals surface area contributed by atoms with E-state index in [-0.39, 0.29) is 17.6 Å². The Morgan fingerprint density at radius 1 is 0.971 bits per heavy atom. The minimum absolute atomic E-state index is 0.120. The SMILES string of the molecule is Cc1ccc(C(=O)N(C)CCCc2cc(-c3cccc(F)c3)n[nH]2)cc1NC(=O)c1ccccc1. The van der Waals surface area contributed by atoms with Crippen molar-refractivity contribution in [3.63, 3.8) is 0 Å². The Morgan fingerprint density at radius 3 is 2.54 bits per heavy atom. The molecule has 6 nitrogen and oxygen atoms in total. The molecule has 0 saturated heterocycles. The summed E-state index contributed by atoms with van der Waals surface area (Å²) in [7, 11) is 1.76. The van der Waals surface area contributed by atoms with Crippen LogP contribution in [0.2, 0.25) is 0 Å². The van der Waals surface area contributed by atoms with Crippen molar-refractivity contribution in [2.45, 2.75) is 19.8 Å². The number of aromatic nitrogens is 2. The third kappa shape index (κ3) is 6.00. The summed E-state index contributed by atoms with van der Waals surface area (Å²) in [5, 5.41) is 10.2. The minimum Gasteiger partial charge on any atom is -0.342 e. The molecular formula is C28H27FN4O2. The standard InChI is InChI=1S/C28H27FN4O2/c1-19-13-14-22(17-25(19)30-27(34)20-8-4-3-5-9-20)28(35)33(2)15-7-12-24-18-26(32-31-24)21-10-6-11-23(29)16-21/h3-6,8-11,13-14,16-18H,7,12,15H2,1-2H3,(H,30,34)(H,31,32). The summed E-state index contributed by atoms with van der Waals surface area (Å²) in [5.41, 5.74) is 4.88. The summed E-state index contributed by atoms with van der Waals surface area (Å²) in [5.74, 6) is -0.639. The van der Waals surface area contributed by atoms with Gasteiger partial charge in [-0.3, -0.25) is 14.7 Å². The van der Waals surface area contributed by atoms with Crippen LogP contribution in [-0.2, 0) is 6.42 Å². The first-order valence-corrected chi connectivity index (χ1v) is 11.4. The first-order valence-electron chi connectivity index (χ1n) is 11.4. The van der Waals surface area contributed by atoms with Crippen molar-refractivity contribution in [3.8, 4) is 11.3 Å². The number of carbonyl (C=O) groups excluding carboxylic acids is 2. The average Bonchev–Trinajstić information content (AvgIpc) is 3.34. The Kier molecular flexibility index (Phi) is 7.35. The van der Waals surface area contributed by atoms with Crippen molar-refractivity contribution in [3.05, 3.63) is 107 Å². The van der Waals surface area contributed by atoms with E-state index < -0.39 is 0 Å². The second-order valence-electron chi connectivity index (χ2n) is 8.47. The van der Waals surface area contributed by atoms with Crippen molar-refractivity contribution < 1.29 is 14.0 Å². The van der Waals surface area contributed by atoms with Crippen LogP contribution in [0.3, 0.4) is 0 Å². The van der Waals surface area contributed by atoms with Gasteiger partial charge in [-0.1, -0.05) is 36.4 Å². The van der Waals surface area contributed by atoms with Gasteiger partial charge in [0.15, 0.2) is 0 Å². The number of rotatable bonds is 8. The molecule has 2 amide bonds. The van der Waals surface area contributed by atoms with Gasteiger partial charge in [0.25, 0.3) is 11.8 Å². The molecule has 4 aromatic rings. The van der Waals surface area contributed by atoms with E-state index in [9.17, 15) is 14.0 Å². The van der Waals surface area contributed by atoms with Crippen LogP contribution >= 0.6 is 0 Å². The fraction of sp³-hybridized carbons (Fsp3) is 0.179. The van der Waals surface area contributed by atoms with E-state index in [1.807, 2.05) is 43.3 Å². The minimum atomic E-state index is -0.300. The Labute approximate surface area is 203 Å². The molecule has 0 aliphatic rings. The first-order chi connectivity index (χ1) is 16.9. The van der Waals surface area contributed by atoms with Crippen LogP contribution in [0.4, 0.5) is 10.1 Å². The zero-order chi connectivity index (χ0) is 24.8. The molecule has 0 radical (unpaired) electrons. The van der Waals surface area contributed by atoms with E-state index in [0.717, 1.165) is 17.7 Å². The van der Waals surface area contributed by atoms with Gasteiger partial charge in [-0.2, -0.15) is 5.10 Å². The van der Waals surface area contributed by atoms with Crippen molar-refractivity contribution in [1.29, 1.82) is 0 Å². The van der Waals surface area contributed by atoms with Crippen LogP contribution in [0.15, 0.2) is 78.9 Å². The highest BCUT2D eigenvalue weighted by Gasteiger charge is 2.15. The molecule has 4 rings (SSSR count). The first kappa shape index (κ1) is 23.9. The number of amides is 2. The summed E-state index contributed by atoms with van der Waals surface area (Å²) in [6, 6.07) is 22.5. The molecule has 178 valence electrons. The maximum absolute atomic E-state index is 13.5. The van der Waals surface area contributed by atoms with Gasteiger partial charge >= 0.3 is 0 Å². The molecule has 1 aromatic heterocycles. The van der Waals surface area contributed by atoms with Gasteiger partial charge < -0.3 is 10.2 Å². The van der Waals surface area contributed by atoms with Crippen molar-refractivity contribution in [2.24, 2.45) is 0 Å². The highest BCUT2D eigenvalue weighted by Crippen LogP contribution is 2.21. The van der Waals surface area contributed by atoms with Gasteiger partial charge in [-0.15, -0.1) is 0 Å². The summed E-state index contributed by atoms with van der Waals surface area (Å²) in [4.78, 5) is 27.2. The monoisotopic (exact) mass is 470 g/mol. The highest BCUT2D eigenvalue weighted by atomic mass is 19.1. The zero-order valence-electron chi connectivity index (χ0n) is 19.7. The number of hydrogen-bond donors (Lipinski definition) is 2. The van der Waals surface area contributed by atoms with E-state index >= 15 is 0 Å². The van der Waals surface area contributed by atoms with Crippen LogP contribution in [-0.4, -0.2) is 40.5 Å². The number of hydrogen-bond acceptors (Lipinski definition) is 3. The van der Waals surface area contributed by atoms with Gasteiger partial charge in [-0.05, 0) is 67.8 Å². The molecule has 0 unspecified atom stereocenters. The number of nitrogens with zero attached hydrogens (tertiary/aromatic N) is 2. The van der Waals surface area contributed by atoms with Crippen molar-refractivity contribution in [2.75, 3.05) is 18.9 Å². The number of halogens is 1. The quantitative estimate of drug-likeness (QED) is 0.358. The largest absolute Gasteiger partial charge is 0.342 e. The van der Waals surface area contributed by atoms with E-state index in [2.05, 4.69) is 15.5 Å². The van der Waals surface area contributed by atoms with Gasteiger partial charge in [0.1, 0.15) is 5.82 Å². The summed E-state index contributed by atoms with van der Waals surface area (Å²) in [6.45, 7) is 2.44. The smallest absolute Gasteiger partial charge is 0.255 e. The highest BCUT2D eigenvalue weighted by molar-refractivity contribution is 6.05. The van der Waals surface area contributed by atoms with Crippen LogP contribution < -0.4 is 5.32 Å². The third-order valence-corrected chi connectivity index (χ3v) is 5.81. The summed E-state index contributed by atoms with van der Waals surface area (Å²) < 4.78 is 13.5. The molecule has 7 heteroatoms. The second kappa shape index (κ2) is 10.8. The number of aryl methyl sites for hydroxylation is 2. The predicted octanol–water partition coefficient (Wildman–Crippen LogP) is 5.48. The van der Waals surface area contributed by atoms with Crippen LogP contribution in [0.5, 0.6) is 0 Å². The van der Waals surface area contributed by atoms with E-state index in [1.165, 1.54) is 12.1 Å². The van der Waals surface area contributed by atoms with Crippen LogP contribution in [0, 0.1) is 12.7 Å². The molecule has 3 aromatic carbocycles. The molecule has 35 heavy (non-hydrogen) atoms. The number of nitrogens with one attached hydrogen (secondary N) is 2. The number of carbonyl (C=O) groups is 2. The lowest BCUT2D eigenvalue weighted by molar-refractivity contribution is 0.0793. The fourth-order valence-electron chi connectivity index (χ4n) is 3.79. The molecule has 1 heterocycles. The topological polar surface area (TPSA) is 78.1 Å². The Bertz CT molecular complexity index is 1330. The number of aromatic amines is 1. The van der Waals surface area contributed by atoms with Crippen molar-refractivity contribution >= 4 is 17.5 Å². The normalized spacial score (nSPS) is 10.7. The molecule has 0 fully saturated rings. The molecule has 0 aliphatic heterocycles. The number of H-pyrrole nitrogens is 1. The van der Waals surface area contributed by atoms with Gasteiger partial charge in [-0.25, -0.2) is 4.39 Å². The third-order valence-electron chi connectivity index (χ3n) is 5.81. The van der Waals surface area contributed by atoms with Gasteiger partial charge in [0, 0.05) is 41.7 Å². The van der Waals surface area contributed by atoms with Gasteiger partial charge in [0.05, 0.1) is 5.69 Å². The molecule has 0 saturated carbocycles. The average molecular weight is 471 g/mol. The van der Waals surface area contributed by atoms with Gasteiger partial charge in [0.2, 0.25) is 0 Å². The lowest BCUT2D eigenvalue weighted by Gasteiger charge is -2.18. The second-order valence-corrected chi connectivity index (χ2v) is 8.47. The van der Waals surface area contributed by atoms with E-state index in [1.54, 1.807) is 42.3 Å². The summed E-state index contributed by atoms with van der Waals surface area (Å²) in [6.07, 6.45) is 1.43. The number of anilines is 1. The number of benzene rings is 3. The Hall–Kier alpha value is -4.26. The Balaban J connectivity index is 1.34. The predicted molar refractivity (Wildman–Crippen MR) is 135 cm³/mol. The lowest BCUT2D eigenvalue weighted by Crippen LogP contribution is -2.28. The zero-order valence-corrected chi connectivity index (χ0v) is 19.7. The van der Waals surface area contributed by atoms with Crippen LogP contribution in [0.25, 0.3) is 11.3 Å². The van der Waals surface area contributed by atoms with E-state index in [4.69, 9.17) is 0 Å². The Morgan fingerprint density at radius 2 is 1.77 bits per heavy atom. The van der Waals surface area contributed by atoms with Crippen LogP contribution in [0.1, 0.15) is 38.4 Å². The molecule has 0 aliphatic carbocycles. The van der Waals surface area contributed by atoms with E-state index in [0.29, 0.717) is 41.0 Å². The molecule has 0 atom stereocenters. The lowest BCUT2D eigenvalue weighted by atomic mass is 10.1. The maximum atomic E-state index is 13.5. The fourth-order valence-corrected chi connectivity index (χ4v) is 3.79. The molecular weight excluding hydrogens is 443 g/mol. The van der Waals surface area contributed by atoms with Crippen molar-refractivity contribution in [1.82, 2.24) is 15.1 Å².